The molecule has 1 rings (SSSR count). The Labute approximate surface area is 113 Å². The first kappa shape index (κ1) is 17.1. The van der Waals surface area contributed by atoms with Crippen LogP contribution in [0.3, 0.4) is 0 Å². The second-order valence-corrected chi connectivity index (χ2v) is 5.21. The van der Waals surface area contributed by atoms with Gasteiger partial charge in [-0.1, -0.05) is 24.8 Å². The Kier molecular flexibility index (Phi) is 7.47. The minimum absolute atomic E-state index is 0.0497. The van der Waals surface area contributed by atoms with E-state index in [1.165, 1.54) is 6.92 Å². The van der Waals surface area contributed by atoms with Gasteiger partial charge in [0.1, 0.15) is 5.75 Å². The van der Waals surface area contributed by atoms with Crippen molar-refractivity contribution in [2.24, 2.45) is 11.5 Å². The Bertz CT molecular complexity index is 526. The first-order valence-electron chi connectivity index (χ1n) is 5.48. The van der Waals surface area contributed by atoms with Crippen LogP contribution in [0.5, 0.6) is 5.75 Å². The van der Waals surface area contributed by atoms with E-state index in [0.29, 0.717) is 11.3 Å². The van der Waals surface area contributed by atoms with Crippen molar-refractivity contribution in [3.05, 3.63) is 42.5 Å². The molecule has 0 radical (unpaired) electrons. The lowest BCUT2D eigenvalue weighted by atomic mass is 10.2. The van der Waals surface area contributed by atoms with Crippen LogP contribution in [0, 0.1) is 0 Å². The number of carbonyl (C=O) groups excluding carboxylic acids is 1. The van der Waals surface area contributed by atoms with Crippen LogP contribution in [0.4, 0.5) is 0 Å². The highest BCUT2D eigenvalue weighted by Crippen LogP contribution is 2.18. The SMILES string of the molecule is C=CC(N)=O.CCS(=O)(=O)Oc1ccccc1CN. The molecule has 1 aromatic rings. The van der Waals surface area contributed by atoms with Crippen molar-refractivity contribution in [3.63, 3.8) is 0 Å². The summed E-state index contributed by atoms with van der Waals surface area (Å²) in [7, 11) is -3.46. The van der Waals surface area contributed by atoms with E-state index in [1.807, 2.05) is 0 Å². The van der Waals surface area contributed by atoms with Gasteiger partial charge in [-0.05, 0) is 19.1 Å². The first-order chi connectivity index (χ1) is 8.86. The summed E-state index contributed by atoms with van der Waals surface area (Å²) in [5.74, 6) is -0.215. The van der Waals surface area contributed by atoms with Gasteiger partial charge in [-0.2, -0.15) is 8.42 Å². The van der Waals surface area contributed by atoms with Crippen molar-refractivity contribution in [3.8, 4) is 5.75 Å². The minimum atomic E-state index is -3.46. The molecule has 1 amide bonds. The van der Waals surface area contributed by atoms with Crippen molar-refractivity contribution < 1.29 is 17.4 Å². The van der Waals surface area contributed by atoms with Crippen molar-refractivity contribution in [1.29, 1.82) is 0 Å². The molecule has 0 aliphatic rings. The van der Waals surface area contributed by atoms with Gasteiger partial charge >= 0.3 is 10.1 Å². The number of primary amides is 1. The fourth-order valence-electron chi connectivity index (χ4n) is 0.949. The van der Waals surface area contributed by atoms with Crippen LogP contribution in [0.2, 0.25) is 0 Å². The predicted octanol–water partition coefficient (Wildman–Crippen LogP) is 0.531. The molecular weight excluding hydrogens is 268 g/mol. The average molecular weight is 286 g/mol. The maximum atomic E-state index is 11.2. The molecule has 0 aromatic heterocycles. The number of nitrogens with two attached hydrogens (primary N) is 2. The lowest BCUT2D eigenvalue weighted by Gasteiger charge is -2.08. The number of carbonyl (C=O) groups is 1. The molecule has 7 heteroatoms. The molecule has 0 bridgehead atoms. The third kappa shape index (κ3) is 7.22. The number of hydrogen-bond donors (Lipinski definition) is 2. The molecule has 0 atom stereocenters. The molecule has 6 nitrogen and oxygen atoms in total. The van der Waals surface area contributed by atoms with Crippen LogP contribution < -0.4 is 15.7 Å². The van der Waals surface area contributed by atoms with Gasteiger partial charge < -0.3 is 15.7 Å². The highest BCUT2D eigenvalue weighted by atomic mass is 32.2. The Morgan fingerprint density at radius 3 is 2.37 bits per heavy atom. The second kappa shape index (κ2) is 8.28. The van der Waals surface area contributed by atoms with Gasteiger partial charge in [0.05, 0.1) is 5.75 Å². The Morgan fingerprint density at radius 2 is 1.95 bits per heavy atom. The van der Waals surface area contributed by atoms with Gasteiger partial charge in [-0.15, -0.1) is 0 Å². The van der Waals surface area contributed by atoms with Gasteiger partial charge in [0.25, 0.3) is 0 Å². The van der Waals surface area contributed by atoms with E-state index < -0.39 is 16.0 Å². The van der Waals surface area contributed by atoms with Gasteiger partial charge in [-0.25, -0.2) is 0 Å². The molecule has 0 saturated heterocycles. The summed E-state index contributed by atoms with van der Waals surface area (Å²) in [5.41, 5.74) is 10.7. The summed E-state index contributed by atoms with van der Waals surface area (Å²) in [6.45, 7) is 4.87. The molecule has 19 heavy (non-hydrogen) atoms. The van der Waals surface area contributed by atoms with Crippen LogP contribution >= 0.6 is 0 Å². The predicted molar refractivity (Wildman–Crippen MR) is 73.8 cm³/mol. The molecule has 0 aliphatic carbocycles. The van der Waals surface area contributed by atoms with E-state index in [-0.39, 0.29) is 12.3 Å². The zero-order valence-corrected chi connectivity index (χ0v) is 11.5. The number of amides is 1. The highest BCUT2D eigenvalue weighted by Gasteiger charge is 2.11. The van der Waals surface area contributed by atoms with Crippen molar-refractivity contribution in [2.45, 2.75) is 13.5 Å². The summed E-state index contributed by atoms with van der Waals surface area (Å²) in [5, 5.41) is 0. The van der Waals surface area contributed by atoms with E-state index in [0.717, 1.165) is 6.08 Å². The average Bonchev–Trinajstić information content (AvgIpc) is 2.39. The molecule has 106 valence electrons. The standard InChI is InChI=1S/C9H13NO3S.C3H5NO/c1-2-14(11,12)13-9-6-4-3-5-8(9)7-10;1-2-3(4)5/h3-6H,2,7,10H2,1H3;2H,1H2,(H2,4,5). The van der Waals surface area contributed by atoms with Crippen LogP contribution in [0.1, 0.15) is 12.5 Å². The summed E-state index contributed by atoms with van der Waals surface area (Å²) in [6, 6.07) is 6.82. The van der Waals surface area contributed by atoms with Crippen LogP contribution in [0.15, 0.2) is 36.9 Å². The summed E-state index contributed by atoms with van der Waals surface area (Å²) < 4.78 is 27.2. The topological polar surface area (TPSA) is 112 Å². The molecule has 4 N–H and O–H groups in total. The Hall–Kier alpha value is -1.86. The third-order valence-corrected chi connectivity index (χ3v) is 3.10. The van der Waals surface area contributed by atoms with E-state index in [9.17, 15) is 13.2 Å². The molecule has 0 unspecified atom stereocenters. The largest absolute Gasteiger partial charge is 0.382 e. The number of para-hydroxylation sites is 1. The minimum Gasteiger partial charge on any atom is -0.382 e. The molecule has 0 fully saturated rings. The van der Waals surface area contributed by atoms with Gasteiger partial charge in [0.15, 0.2) is 0 Å². The summed E-state index contributed by atoms with van der Waals surface area (Å²) >= 11 is 0. The van der Waals surface area contributed by atoms with Crippen LogP contribution in [-0.4, -0.2) is 20.1 Å². The molecule has 0 saturated carbocycles. The van der Waals surface area contributed by atoms with Gasteiger partial charge in [-0.3, -0.25) is 4.79 Å². The lowest BCUT2D eigenvalue weighted by molar-refractivity contribution is -0.113. The van der Waals surface area contributed by atoms with E-state index in [1.54, 1.807) is 24.3 Å². The Balaban J connectivity index is 0.000000555. The zero-order valence-electron chi connectivity index (χ0n) is 10.7. The van der Waals surface area contributed by atoms with E-state index in [4.69, 9.17) is 9.92 Å². The lowest BCUT2D eigenvalue weighted by Crippen LogP contribution is -2.13. The van der Waals surface area contributed by atoms with Gasteiger partial charge in [0, 0.05) is 12.1 Å². The third-order valence-electron chi connectivity index (χ3n) is 1.96. The van der Waals surface area contributed by atoms with Crippen LogP contribution in [0.25, 0.3) is 0 Å². The van der Waals surface area contributed by atoms with Crippen molar-refractivity contribution in [2.75, 3.05) is 5.75 Å². The number of hydrogen-bond acceptors (Lipinski definition) is 5. The molecule has 0 heterocycles. The highest BCUT2D eigenvalue weighted by molar-refractivity contribution is 7.87. The molecule has 0 aliphatic heterocycles. The fourth-order valence-corrected chi connectivity index (χ4v) is 1.50. The zero-order chi connectivity index (χ0) is 14.9. The smallest absolute Gasteiger partial charge is 0.308 e. The normalized spacial score (nSPS) is 10.0. The van der Waals surface area contributed by atoms with Gasteiger partial charge in [0.2, 0.25) is 5.91 Å². The van der Waals surface area contributed by atoms with Crippen molar-refractivity contribution in [1.82, 2.24) is 0 Å². The monoisotopic (exact) mass is 286 g/mol. The Morgan fingerprint density at radius 1 is 1.42 bits per heavy atom. The van der Waals surface area contributed by atoms with Crippen molar-refractivity contribution >= 4 is 16.0 Å². The molecular formula is C12H18N2O4S. The summed E-state index contributed by atoms with van der Waals surface area (Å²) in [4.78, 5) is 9.47. The van der Waals surface area contributed by atoms with Crippen LogP contribution in [-0.2, 0) is 21.5 Å². The van der Waals surface area contributed by atoms with E-state index >= 15 is 0 Å². The second-order valence-electron chi connectivity index (χ2n) is 3.35. The maximum absolute atomic E-state index is 11.2. The molecule has 1 aromatic carbocycles. The van der Waals surface area contributed by atoms with E-state index in [2.05, 4.69) is 12.3 Å². The number of rotatable bonds is 5. The fraction of sp³-hybridized carbons (Fsp3) is 0.250. The first-order valence-corrected chi connectivity index (χ1v) is 7.06. The molecule has 0 spiro atoms. The summed E-state index contributed by atoms with van der Waals surface area (Å²) in [6.07, 6.45) is 1.06. The number of benzene rings is 1. The maximum Gasteiger partial charge on any atom is 0.308 e. The quantitative estimate of drug-likeness (QED) is 0.605.